The Bertz CT molecular complexity index is 716. The zero-order chi connectivity index (χ0) is 18.6. The monoisotopic (exact) mass is 345 g/mol. The van der Waals surface area contributed by atoms with Gasteiger partial charge in [-0.15, -0.1) is 0 Å². The molecule has 0 saturated carbocycles. The van der Waals surface area contributed by atoms with Crippen LogP contribution in [0.2, 0.25) is 0 Å². The van der Waals surface area contributed by atoms with Gasteiger partial charge < -0.3 is 5.32 Å². The van der Waals surface area contributed by atoms with E-state index in [0.717, 1.165) is 10.5 Å². The summed E-state index contributed by atoms with van der Waals surface area (Å²) in [6, 6.07) is 7.53. The van der Waals surface area contributed by atoms with Crippen molar-refractivity contribution in [2.24, 2.45) is 0 Å². The molecule has 0 radical (unpaired) electrons. The van der Waals surface area contributed by atoms with Gasteiger partial charge in [-0.25, -0.2) is 9.69 Å². The molecule has 1 N–H and O–H groups in total. The summed E-state index contributed by atoms with van der Waals surface area (Å²) in [7, 11) is 0. The quantitative estimate of drug-likeness (QED) is 0.558. The molecule has 1 atom stereocenters. The van der Waals surface area contributed by atoms with Gasteiger partial charge in [-0.05, 0) is 25.8 Å². The summed E-state index contributed by atoms with van der Waals surface area (Å²) < 4.78 is 0. The topological polar surface area (TPSA) is 104 Å². The number of hydrogen-bond acceptors (Lipinski definition) is 5. The summed E-state index contributed by atoms with van der Waals surface area (Å²) in [5.41, 5.74) is 0.865. The number of imide groups is 2. The van der Waals surface area contributed by atoms with Crippen LogP contribution in [-0.4, -0.2) is 58.5 Å². The number of carbonyl (C=O) groups is 5. The zero-order valence-electron chi connectivity index (χ0n) is 14.0. The number of rotatable bonds is 7. The van der Waals surface area contributed by atoms with Crippen molar-refractivity contribution in [3.05, 3.63) is 35.9 Å². The van der Waals surface area contributed by atoms with E-state index in [1.807, 2.05) is 30.3 Å². The molecule has 1 heterocycles. The van der Waals surface area contributed by atoms with E-state index in [2.05, 4.69) is 5.32 Å². The summed E-state index contributed by atoms with van der Waals surface area (Å²) in [6.07, 6.45) is 0.295. The highest BCUT2D eigenvalue weighted by molar-refractivity contribution is 6.45. The van der Waals surface area contributed by atoms with Crippen molar-refractivity contribution < 1.29 is 24.0 Å². The van der Waals surface area contributed by atoms with Gasteiger partial charge in [0.15, 0.2) is 5.78 Å². The molecule has 1 aromatic carbocycles. The minimum atomic E-state index is -1.04. The fourth-order valence-corrected chi connectivity index (χ4v) is 2.50. The average molecular weight is 345 g/mol. The molecular weight excluding hydrogens is 326 g/mol. The number of nitrogens with one attached hydrogen (secondary N) is 1. The smallest absolute Gasteiger partial charge is 0.334 e. The first-order valence-corrected chi connectivity index (χ1v) is 7.86. The predicted octanol–water partition coefficient (Wildman–Crippen LogP) is 0.114. The van der Waals surface area contributed by atoms with Crippen LogP contribution in [0.25, 0.3) is 0 Å². The molecule has 0 bridgehead atoms. The number of nitrogens with zero attached hydrogens (tertiary/aromatic N) is 2. The summed E-state index contributed by atoms with van der Waals surface area (Å²) in [4.78, 5) is 60.7. The van der Waals surface area contributed by atoms with Crippen LogP contribution in [-0.2, 0) is 25.6 Å². The lowest BCUT2D eigenvalue weighted by Gasteiger charge is -2.18. The largest absolute Gasteiger partial charge is 0.344 e. The molecule has 132 valence electrons. The van der Waals surface area contributed by atoms with Crippen LogP contribution in [0.1, 0.15) is 19.4 Å². The Balaban J connectivity index is 2.02. The van der Waals surface area contributed by atoms with Crippen molar-refractivity contribution in [1.29, 1.82) is 0 Å². The Morgan fingerprint density at radius 2 is 1.64 bits per heavy atom. The highest BCUT2D eigenvalue weighted by Gasteiger charge is 2.44. The molecular formula is C17H19N3O5. The van der Waals surface area contributed by atoms with Gasteiger partial charge in [-0.2, -0.15) is 0 Å². The standard InChI is InChI=1S/C17H19N3O5/c1-3-19-15(23)16(24)20(17(19)25)10-14(22)18-13(11(2)21)9-12-7-5-4-6-8-12/h4-8,13H,3,9-10H2,1-2H3,(H,18,22)/t13-/m0/s1. The number of carbonyl (C=O) groups excluding carboxylic acids is 5. The van der Waals surface area contributed by atoms with E-state index in [-0.39, 0.29) is 12.3 Å². The number of ketones is 1. The van der Waals surface area contributed by atoms with Gasteiger partial charge in [0.1, 0.15) is 6.54 Å². The minimum Gasteiger partial charge on any atom is -0.344 e. The van der Waals surface area contributed by atoms with E-state index in [0.29, 0.717) is 11.3 Å². The van der Waals surface area contributed by atoms with E-state index in [1.54, 1.807) is 6.92 Å². The molecule has 5 amide bonds. The Morgan fingerprint density at radius 3 is 2.16 bits per heavy atom. The molecule has 1 aliphatic heterocycles. The average Bonchev–Trinajstić information content (AvgIpc) is 2.78. The van der Waals surface area contributed by atoms with E-state index in [9.17, 15) is 24.0 Å². The van der Waals surface area contributed by atoms with Gasteiger partial charge in [0.05, 0.1) is 6.04 Å². The van der Waals surface area contributed by atoms with Crippen LogP contribution < -0.4 is 5.32 Å². The third-order valence-electron chi connectivity index (χ3n) is 3.86. The van der Waals surface area contributed by atoms with Gasteiger partial charge in [0.25, 0.3) is 0 Å². The Labute approximate surface area is 144 Å². The highest BCUT2D eigenvalue weighted by atomic mass is 16.2. The SMILES string of the molecule is CCN1C(=O)C(=O)N(CC(=O)N[C@@H](Cc2ccccc2)C(C)=O)C1=O. The fraction of sp³-hybridized carbons (Fsp3) is 0.353. The number of Topliss-reactive ketones (excluding diaryl/α,β-unsaturated/α-hetero) is 1. The second-order valence-corrected chi connectivity index (χ2v) is 5.64. The Morgan fingerprint density at radius 1 is 1.04 bits per heavy atom. The number of likely N-dealkylation sites (N-methyl/N-ethyl adjacent to an activating group) is 1. The zero-order valence-corrected chi connectivity index (χ0v) is 14.0. The van der Waals surface area contributed by atoms with Gasteiger partial charge in [-0.1, -0.05) is 30.3 Å². The summed E-state index contributed by atoms with van der Waals surface area (Å²) in [6.45, 7) is 2.35. The van der Waals surface area contributed by atoms with Crippen LogP contribution in [0.4, 0.5) is 4.79 Å². The van der Waals surface area contributed by atoms with Crippen LogP contribution >= 0.6 is 0 Å². The molecule has 1 aromatic rings. The molecule has 1 aliphatic rings. The third-order valence-corrected chi connectivity index (χ3v) is 3.86. The maximum Gasteiger partial charge on any atom is 0.334 e. The number of benzene rings is 1. The van der Waals surface area contributed by atoms with Crippen molar-refractivity contribution in [1.82, 2.24) is 15.1 Å². The van der Waals surface area contributed by atoms with Crippen LogP contribution in [0.5, 0.6) is 0 Å². The normalized spacial score (nSPS) is 15.5. The van der Waals surface area contributed by atoms with Crippen LogP contribution in [0.15, 0.2) is 30.3 Å². The summed E-state index contributed by atoms with van der Waals surface area (Å²) >= 11 is 0. The first kappa shape index (κ1) is 18.3. The van der Waals surface area contributed by atoms with Crippen LogP contribution in [0, 0.1) is 0 Å². The van der Waals surface area contributed by atoms with Gasteiger partial charge in [0, 0.05) is 6.54 Å². The van der Waals surface area contributed by atoms with Crippen molar-refractivity contribution in [2.45, 2.75) is 26.3 Å². The van der Waals surface area contributed by atoms with E-state index in [4.69, 9.17) is 0 Å². The van der Waals surface area contributed by atoms with Crippen molar-refractivity contribution >= 4 is 29.5 Å². The third kappa shape index (κ3) is 4.09. The van der Waals surface area contributed by atoms with E-state index < -0.39 is 36.3 Å². The highest BCUT2D eigenvalue weighted by Crippen LogP contribution is 2.11. The van der Waals surface area contributed by atoms with Gasteiger partial charge >= 0.3 is 17.8 Å². The number of urea groups is 1. The molecule has 1 saturated heterocycles. The Kier molecular flexibility index (Phi) is 5.63. The summed E-state index contributed by atoms with van der Waals surface area (Å²) in [5, 5.41) is 2.52. The maximum absolute atomic E-state index is 12.2. The molecule has 1 fully saturated rings. The lowest BCUT2D eigenvalue weighted by Crippen LogP contribution is -2.47. The Hall–Kier alpha value is -3.03. The second-order valence-electron chi connectivity index (χ2n) is 5.64. The van der Waals surface area contributed by atoms with Gasteiger partial charge in [-0.3, -0.25) is 24.1 Å². The fourth-order valence-electron chi connectivity index (χ4n) is 2.50. The van der Waals surface area contributed by atoms with Gasteiger partial charge in [0.2, 0.25) is 5.91 Å². The van der Waals surface area contributed by atoms with E-state index in [1.165, 1.54) is 6.92 Å². The molecule has 2 rings (SSSR count). The lowest BCUT2D eigenvalue weighted by atomic mass is 10.0. The molecule has 25 heavy (non-hydrogen) atoms. The molecule has 0 aliphatic carbocycles. The van der Waals surface area contributed by atoms with Crippen molar-refractivity contribution in [3.63, 3.8) is 0 Å². The molecule has 0 aromatic heterocycles. The predicted molar refractivity (Wildman–Crippen MR) is 87.3 cm³/mol. The second kappa shape index (κ2) is 7.69. The van der Waals surface area contributed by atoms with E-state index >= 15 is 0 Å². The lowest BCUT2D eigenvalue weighted by molar-refractivity contribution is -0.144. The molecule has 0 spiro atoms. The first-order chi connectivity index (χ1) is 11.8. The van der Waals surface area contributed by atoms with Crippen LogP contribution in [0.3, 0.4) is 0 Å². The van der Waals surface area contributed by atoms with Crippen molar-refractivity contribution in [2.75, 3.05) is 13.1 Å². The summed E-state index contributed by atoms with van der Waals surface area (Å²) in [5.74, 6) is -2.91. The molecule has 0 unspecified atom stereocenters. The number of amides is 5. The maximum atomic E-state index is 12.2. The molecule has 8 nitrogen and oxygen atoms in total. The minimum absolute atomic E-state index is 0.0472. The number of hydrogen-bond donors (Lipinski definition) is 1. The van der Waals surface area contributed by atoms with Crippen molar-refractivity contribution in [3.8, 4) is 0 Å². The molecule has 8 heteroatoms. The first-order valence-electron chi connectivity index (χ1n) is 7.86.